The smallest absolute Gasteiger partial charge is 0.245 e. The average molecular weight is 605 g/mol. The molecule has 2 aliphatic rings. The van der Waals surface area contributed by atoms with E-state index in [1.165, 1.54) is 18.4 Å². The van der Waals surface area contributed by atoms with E-state index < -0.39 is 10.0 Å². The highest BCUT2D eigenvalue weighted by molar-refractivity contribution is 7.89. The minimum Gasteiger partial charge on any atom is -0.494 e. The van der Waals surface area contributed by atoms with Crippen molar-refractivity contribution < 1.29 is 13.2 Å². The second-order valence-corrected chi connectivity index (χ2v) is 13.6. The van der Waals surface area contributed by atoms with E-state index in [1.807, 2.05) is 24.3 Å². The zero-order valence-corrected chi connectivity index (χ0v) is 26.1. The van der Waals surface area contributed by atoms with E-state index in [-0.39, 0.29) is 4.90 Å². The number of ether oxygens (including phenoxy) is 1. The second kappa shape index (κ2) is 12.1. The van der Waals surface area contributed by atoms with Crippen LogP contribution in [0, 0.1) is 0 Å². The first kappa shape index (κ1) is 29.4. The monoisotopic (exact) mass is 604 g/mol. The van der Waals surface area contributed by atoms with E-state index in [9.17, 15) is 8.42 Å². The number of aromatic nitrogens is 3. The van der Waals surface area contributed by atoms with Crippen molar-refractivity contribution in [2.45, 2.75) is 23.8 Å². The van der Waals surface area contributed by atoms with Crippen LogP contribution < -0.4 is 15.0 Å². The van der Waals surface area contributed by atoms with Gasteiger partial charge in [-0.25, -0.2) is 22.2 Å². The highest BCUT2D eigenvalue weighted by Crippen LogP contribution is 2.34. The predicted octanol–water partition coefficient (Wildman–Crippen LogP) is 3.62. The van der Waals surface area contributed by atoms with Crippen LogP contribution in [0.1, 0.15) is 12.8 Å². The van der Waals surface area contributed by atoms with Crippen LogP contribution in [0.2, 0.25) is 0 Å². The SMILES string of the molecule is COc1cc(N2CCC(N3CCN(C)CC3)CC2)ccc1Nc1ncc2ccc(-c3ccccc3S(=O)(=O)N(C)C)n2n1. The first-order valence-corrected chi connectivity index (χ1v) is 16.2. The van der Waals surface area contributed by atoms with E-state index in [2.05, 4.69) is 44.2 Å². The fourth-order valence-electron chi connectivity index (χ4n) is 6.04. The summed E-state index contributed by atoms with van der Waals surface area (Å²) in [6, 6.07) is 17.5. The summed E-state index contributed by atoms with van der Waals surface area (Å²) in [5, 5.41) is 8.04. The van der Waals surface area contributed by atoms with Gasteiger partial charge in [-0.15, -0.1) is 5.10 Å². The van der Waals surface area contributed by atoms with Gasteiger partial charge in [-0.3, -0.25) is 4.90 Å². The maximum atomic E-state index is 13.1. The van der Waals surface area contributed by atoms with Crippen LogP contribution in [0.25, 0.3) is 16.8 Å². The van der Waals surface area contributed by atoms with Gasteiger partial charge in [0.2, 0.25) is 16.0 Å². The van der Waals surface area contributed by atoms with Gasteiger partial charge in [0.05, 0.1) is 35.1 Å². The number of likely N-dealkylation sites (N-methyl/N-ethyl adjacent to an activating group) is 1. The van der Waals surface area contributed by atoms with Gasteiger partial charge in [0.1, 0.15) is 5.75 Å². The van der Waals surface area contributed by atoms with E-state index in [0.717, 1.165) is 69.0 Å². The molecule has 11 nitrogen and oxygen atoms in total. The third-order valence-electron chi connectivity index (χ3n) is 8.64. The van der Waals surface area contributed by atoms with Crippen LogP contribution in [0.4, 0.5) is 17.3 Å². The molecule has 43 heavy (non-hydrogen) atoms. The number of nitrogens with one attached hydrogen (secondary N) is 1. The first-order valence-electron chi connectivity index (χ1n) is 14.7. The summed E-state index contributed by atoms with van der Waals surface area (Å²) < 4.78 is 34.8. The lowest BCUT2D eigenvalue weighted by Gasteiger charge is -2.42. The highest BCUT2D eigenvalue weighted by atomic mass is 32.2. The molecule has 2 aliphatic heterocycles. The van der Waals surface area contributed by atoms with Gasteiger partial charge < -0.3 is 19.9 Å². The molecule has 1 N–H and O–H groups in total. The summed E-state index contributed by atoms with van der Waals surface area (Å²) in [7, 11) is 3.27. The quantitative estimate of drug-likeness (QED) is 0.323. The molecular formula is C31H40N8O3S. The number of piperazine rings is 1. The van der Waals surface area contributed by atoms with Crippen LogP contribution in [-0.4, -0.2) is 111 Å². The summed E-state index contributed by atoms with van der Waals surface area (Å²) in [5.74, 6) is 1.08. The lowest BCUT2D eigenvalue weighted by Crippen LogP contribution is -2.52. The molecule has 0 aliphatic carbocycles. The van der Waals surface area contributed by atoms with Crippen LogP contribution in [0.15, 0.2) is 65.7 Å². The molecule has 0 saturated carbocycles. The lowest BCUT2D eigenvalue weighted by atomic mass is 10.0. The molecule has 4 heterocycles. The average Bonchev–Trinajstić information content (AvgIpc) is 3.45. The Morgan fingerprint density at radius 1 is 0.953 bits per heavy atom. The number of nitrogens with zero attached hydrogens (tertiary/aromatic N) is 7. The van der Waals surface area contributed by atoms with Gasteiger partial charge in [0.25, 0.3) is 0 Å². The summed E-state index contributed by atoms with van der Waals surface area (Å²) in [5.41, 5.74) is 3.87. The predicted molar refractivity (Wildman–Crippen MR) is 170 cm³/mol. The minimum atomic E-state index is -3.66. The van der Waals surface area contributed by atoms with Crippen molar-refractivity contribution in [2.75, 3.05) is 77.7 Å². The Morgan fingerprint density at radius 3 is 2.42 bits per heavy atom. The third kappa shape index (κ3) is 5.92. The second-order valence-electron chi connectivity index (χ2n) is 11.5. The summed E-state index contributed by atoms with van der Waals surface area (Å²) in [4.78, 5) is 12.2. The van der Waals surface area contributed by atoms with Crippen LogP contribution in [-0.2, 0) is 10.0 Å². The van der Waals surface area contributed by atoms with E-state index in [4.69, 9.17) is 9.84 Å². The number of hydrogen-bond acceptors (Lipinski definition) is 9. The van der Waals surface area contributed by atoms with E-state index in [0.29, 0.717) is 29.0 Å². The minimum absolute atomic E-state index is 0.220. The molecular weight excluding hydrogens is 564 g/mol. The molecule has 2 fully saturated rings. The van der Waals surface area contributed by atoms with E-state index >= 15 is 0 Å². The zero-order valence-electron chi connectivity index (χ0n) is 25.3. The topological polar surface area (TPSA) is 98.5 Å². The van der Waals surface area contributed by atoms with Crippen molar-refractivity contribution in [3.8, 4) is 17.0 Å². The molecule has 6 rings (SSSR count). The number of sulfonamides is 1. The maximum absolute atomic E-state index is 13.1. The van der Waals surface area contributed by atoms with E-state index in [1.54, 1.807) is 36.0 Å². The van der Waals surface area contributed by atoms with Gasteiger partial charge >= 0.3 is 0 Å². The lowest BCUT2D eigenvalue weighted by molar-refractivity contribution is 0.0982. The highest BCUT2D eigenvalue weighted by Gasteiger charge is 2.27. The van der Waals surface area contributed by atoms with Crippen LogP contribution >= 0.6 is 0 Å². The molecule has 4 aromatic rings. The number of hydrogen-bond donors (Lipinski definition) is 1. The normalized spacial score (nSPS) is 17.6. The molecule has 2 saturated heterocycles. The molecule has 2 aromatic heterocycles. The van der Waals surface area contributed by atoms with Gasteiger partial charge in [0.15, 0.2) is 0 Å². The number of benzene rings is 2. The van der Waals surface area contributed by atoms with Gasteiger partial charge in [-0.2, -0.15) is 0 Å². The van der Waals surface area contributed by atoms with Crippen molar-refractivity contribution in [1.82, 2.24) is 28.7 Å². The summed E-state index contributed by atoms with van der Waals surface area (Å²) >= 11 is 0. The first-order chi connectivity index (χ1) is 20.7. The fourth-order valence-corrected chi connectivity index (χ4v) is 7.13. The molecule has 0 bridgehead atoms. The fraction of sp³-hybridized carbons (Fsp3) is 0.419. The van der Waals surface area contributed by atoms with Gasteiger partial charge in [-0.05, 0) is 50.2 Å². The zero-order chi connectivity index (χ0) is 30.1. The number of methoxy groups -OCH3 is 1. The largest absolute Gasteiger partial charge is 0.494 e. The molecule has 0 atom stereocenters. The number of anilines is 3. The Morgan fingerprint density at radius 2 is 1.70 bits per heavy atom. The molecule has 12 heteroatoms. The summed E-state index contributed by atoms with van der Waals surface area (Å²) in [6.07, 6.45) is 4.05. The molecule has 2 aromatic carbocycles. The maximum Gasteiger partial charge on any atom is 0.245 e. The number of fused-ring (bicyclic) bond motifs is 1. The van der Waals surface area contributed by atoms with Crippen molar-refractivity contribution in [3.63, 3.8) is 0 Å². The Labute approximate surface area is 253 Å². The summed E-state index contributed by atoms with van der Waals surface area (Å²) in [6.45, 7) is 6.67. The van der Waals surface area contributed by atoms with Gasteiger partial charge in [-0.1, -0.05) is 18.2 Å². The third-order valence-corrected chi connectivity index (χ3v) is 10.5. The molecule has 0 radical (unpaired) electrons. The van der Waals surface area contributed by atoms with Crippen molar-refractivity contribution in [2.24, 2.45) is 0 Å². The Hall–Kier alpha value is -3.71. The Bertz CT molecular complexity index is 1690. The molecule has 228 valence electrons. The Balaban J connectivity index is 1.21. The van der Waals surface area contributed by atoms with Crippen molar-refractivity contribution >= 4 is 32.9 Å². The standard InChI is InChI=1S/C31H40N8O3S/c1-35(2)43(40,41)30-8-6-5-7-26(30)28-12-10-25-22-32-31(34-39(25)28)33-27-11-9-24(21-29(27)42-4)37-15-13-23(14-16-37)38-19-17-36(3)18-20-38/h5-12,21-23H,13-20H2,1-4H3,(H,33,34). The van der Waals surface area contributed by atoms with Crippen molar-refractivity contribution in [1.29, 1.82) is 0 Å². The van der Waals surface area contributed by atoms with Crippen LogP contribution in [0.3, 0.4) is 0 Å². The Kier molecular flexibility index (Phi) is 8.27. The number of piperidine rings is 1. The van der Waals surface area contributed by atoms with Crippen molar-refractivity contribution in [3.05, 3.63) is 60.8 Å². The molecule has 0 unspecified atom stereocenters. The van der Waals surface area contributed by atoms with Crippen LogP contribution in [0.5, 0.6) is 5.75 Å². The van der Waals surface area contributed by atoms with Gasteiger partial charge in [0, 0.05) is 76.7 Å². The molecule has 0 amide bonds. The number of rotatable bonds is 8. The molecule has 0 spiro atoms.